The highest BCUT2D eigenvalue weighted by Crippen LogP contribution is 2.73. The summed E-state index contributed by atoms with van der Waals surface area (Å²) in [6.45, 7) is 57.3. The Bertz CT molecular complexity index is 2810. The highest BCUT2D eigenvalue weighted by atomic mass is 28.4. The summed E-state index contributed by atoms with van der Waals surface area (Å²) in [7, 11) is -5.07. The SMILES string of the molecule is C[C@H](C(=O)O)[C@H]1CC[C@H]2/C(=C/[C@@H](C)[C@]34CC3C[C@H](O[Si](C)(C)C(C)(C)C)C4)CCC[C@]12C.C[C@H](C=O)[C@H]1CC[C@H]2/C(=C/[C@@H](C)[C@]34CC3C[C@H](O[Si](C)(C)C(C)(C)C)C4)CCC[C@]12C.C[C@H](CO)[C@H]1CC[C@H]2/C(=C/[C@@H](C)[C@]34CC3C[C@H](O[Si](C)(C)C(C)(C)C)C4)CCC[C@]12C. The molecule has 94 heavy (non-hydrogen) atoms. The van der Waals surface area contributed by atoms with Gasteiger partial charge in [-0.05, 0) is 318 Å². The third-order valence-electron chi connectivity index (χ3n) is 33.1. The molecule has 7 nitrogen and oxygen atoms in total. The van der Waals surface area contributed by atoms with E-state index in [1.807, 2.05) is 6.92 Å². The van der Waals surface area contributed by atoms with Crippen molar-refractivity contribution in [1.82, 2.24) is 0 Å². The van der Waals surface area contributed by atoms with Gasteiger partial charge in [-0.1, -0.05) is 160 Å². The summed E-state index contributed by atoms with van der Waals surface area (Å²) < 4.78 is 20.6. The first-order chi connectivity index (χ1) is 43.4. The molecule has 0 bridgehead atoms. The van der Waals surface area contributed by atoms with Gasteiger partial charge in [0.1, 0.15) is 6.29 Å². The van der Waals surface area contributed by atoms with Crippen LogP contribution in [0.15, 0.2) is 34.9 Å². The Kier molecular flexibility index (Phi) is 21.4. The maximum Gasteiger partial charge on any atom is 0.306 e. The fourth-order valence-corrected chi connectivity index (χ4v) is 28.1. The molecule has 12 fully saturated rings. The molecule has 3 unspecified atom stereocenters. The number of aliphatic carboxylic acids is 1. The molecule has 12 rings (SSSR count). The number of allylic oxidation sites excluding steroid dienone is 6. The summed E-state index contributed by atoms with van der Waals surface area (Å²) in [5, 5.41) is 20.4. The first kappa shape index (κ1) is 75.5. The van der Waals surface area contributed by atoms with Gasteiger partial charge in [-0.25, -0.2) is 0 Å². The van der Waals surface area contributed by atoms with E-state index in [0.717, 1.165) is 30.1 Å². The second-order valence-corrected chi connectivity index (χ2v) is 55.7. The van der Waals surface area contributed by atoms with E-state index in [1.54, 1.807) is 16.7 Å². The summed E-state index contributed by atoms with van der Waals surface area (Å²) in [6, 6.07) is 0. The molecule has 10 heteroatoms. The molecule has 0 aromatic heterocycles. The van der Waals surface area contributed by atoms with E-state index in [0.29, 0.717) is 115 Å². The smallest absolute Gasteiger partial charge is 0.306 e. The van der Waals surface area contributed by atoms with Gasteiger partial charge in [-0.15, -0.1) is 0 Å². The number of hydrogen-bond acceptors (Lipinski definition) is 6. The van der Waals surface area contributed by atoms with Crippen LogP contribution in [0.4, 0.5) is 0 Å². The van der Waals surface area contributed by atoms with E-state index in [2.05, 4.69) is 175 Å². The molecule has 12 aliphatic carbocycles. The van der Waals surface area contributed by atoms with Gasteiger partial charge in [-0.2, -0.15) is 0 Å². The number of carboxylic acid groups (broad SMARTS) is 1. The molecular formula is C84H146O7Si3. The van der Waals surface area contributed by atoms with Crippen molar-refractivity contribution in [3.05, 3.63) is 34.9 Å². The second-order valence-electron chi connectivity index (χ2n) is 41.4. The van der Waals surface area contributed by atoms with Crippen molar-refractivity contribution in [1.29, 1.82) is 0 Å². The van der Waals surface area contributed by atoms with E-state index in [-0.39, 0.29) is 22.3 Å². The fraction of sp³-hybridized carbons (Fsp3) is 0.905. The lowest BCUT2D eigenvalue weighted by Crippen LogP contribution is -2.43. The second kappa shape index (κ2) is 26.6. The van der Waals surface area contributed by atoms with E-state index >= 15 is 0 Å². The summed E-state index contributed by atoms with van der Waals surface area (Å²) in [6.07, 6.45) is 41.7. The van der Waals surface area contributed by atoms with Crippen molar-refractivity contribution >= 4 is 37.2 Å². The Hall–Kier alpha value is -1.15. The molecule has 12 aliphatic rings. The predicted octanol–water partition coefficient (Wildman–Crippen LogP) is 23.1. The monoisotopic (exact) mass is 1350 g/mol. The summed E-state index contributed by atoms with van der Waals surface area (Å²) in [5.74, 6) is 8.10. The number of aliphatic hydroxyl groups excluding tert-OH is 1. The Morgan fingerprint density at radius 1 is 0.489 bits per heavy atom. The van der Waals surface area contributed by atoms with E-state index < -0.39 is 30.9 Å². The predicted molar refractivity (Wildman–Crippen MR) is 400 cm³/mol. The Labute approximate surface area is 581 Å². The molecule has 0 aliphatic heterocycles. The first-order valence-electron chi connectivity index (χ1n) is 39.8. The number of aliphatic hydroxyl groups is 1. The Morgan fingerprint density at radius 3 is 1.09 bits per heavy atom. The molecule has 24 atom stereocenters. The van der Waals surface area contributed by atoms with Crippen molar-refractivity contribution in [3.8, 4) is 0 Å². The van der Waals surface area contributed by atoms with Gasteiger partial charge in [0.2, 0.25) is 0 Å². The highest BCUT2D eigenvalue weighted by Gasteiger charge is 2.67. The highest BCUT2D eigenvalue weighted by molar-refractivity contribution is 6.75. The van der Waals surface area contributed by atoms with E-state index in [9.17, 15) is 19.8 Å². The zero-order valence-electron chi connectivity index (χ0n) is 65.3. The largest absolute Gasteiger partial charge is 0.481 e. The number of hydrogen-bond donors (Lipinski definition) is 2. The number of rotatable bonds is 18. The lowest BCUT2D eigenvalue weighted by atomic mass is 9.60. The minimum atomic E-state index is -1.71. The number of aldehydes is 1. The molecule has 0 aromatic carbocycles. The van der Waals surface area contributed by atoms with Crippen molar-refractivity contribution < 1.29 is 33.1 Å². The molecule has 0 amide bonds. The standard InChI is InChI=1S/C28H48O3Si.C28H50O2Si.C28H48O2Si/c1-18(28-16-21(28)15-22(17-28)31-32(7,8)26(3,4)5)14-20-10-9-13-27(6)23(11-12-24(20)27)19(2)25(29)30;2*1-19(18-29)24-11-12-25-21(10-9-13-27(24,25)6)14-20(2)28-16-22(28)15-23(17-28)30-31(7,8)26(3,4)5/h14,18-19,21-24H,9-13,15-17H2,1-8H3,(H,29,30);14,19-20,22-25,29H,9-13,15-18H2,1-8H3;14,18-20,22-25H,9-13,15-17H2,1-8H3/b20-14+;2*21-14+/t18-,19+,21?,22+,23-,24+,27-,28-;2*19-,20-,22?,23+,24-,25+,27-,28-/m111/s1. The van der Waals surface area contributed by atoms with Crippen LogP contribution in [0.2, 0.25) is 54.4 Å². The molecule has 2 N–H and O–H groups in total. The van der Waals surface area contributed by atoms with Crippen LogP contribution in [0, 0.1) is 121 Å². The van der Waals surface area contributed by atoms with Crippen LogP contribution in [0.3, 0.4) is 0 Å². The van der Waals surface area contributed by atoms with Crippen LogP contribution in [0.25, 0.3) is 0 Å². The zero-order chi connectivity index (χ0) is 69.3. The van der Waals surface area contributed by atoms with Crippen molar-refractivity contribution in [2.75, 3.05) is 6.61 Å². The Balaban J connectivity index is 0.000000154. The van der Waals surface area contributed by atoms with Gasteiger partial charge in [0.15, 0.2) is 25.0 Å². The quantitative estimate of drug-likeness (QED) is 0.0801. The summed E-state index contributed by atoms with van der Waals surface area (Å²) in [5.41, 5.74) is 7.64. The average molecular weight is 1350 g/mol. The maximum absolute atomic E-state index is 11.8. The van der Waals surface area contributed by atoms with Crippen molar-refractivity contribution in [3.63, 3.8) is 0 Å². The van der Waals surface area contributed by atoms with Crippen LogP contribution in [-0.4, -0.2) is 72.3 Å². The van der Waals surface area contributed by atoms with Crippen LogP contribution in [0.5, 0.6) is 0 Å². The lowest BCUT2D eigenvalue weighted by Gasteiger charge is -2.44. The zero-order valence-corrected chi connectivity index (χ0v) is 68.3. The normalized spacial score (nSPS) is 43.1. The van der Waals surface area contributed by atoms with Gasteiger partial charge >= 0.3 is 5.97 Å². The average Bonchev–Trinajstić information content (AvgIpc) is 1.56. The van der Waals surface area contributed by atoms with Crippen LogP contribution in [0.1, 0.15) is 279 Å². The van der Waals surface area contributed by atoms with Crippen molar-refractivity contribution in [2.45, 2.75) is 351 Å². The van der Waals surface area contributed by atoms with Gasteiger partial charge in [0.25, 0.3) is 0 Å². The van der Waals surface area contributed by atoms with Crippen LogP contribution >= 0.6 is 0 Å². The van der Waals surface area contributed by atoms with Gasteiger partial charge < -0.3 is 28.3 Å². The summed E-state index contributed by atoms with van der Waals surface area (Å²) in [4.78, 5) is 23.3. The number of fused-ring (bicyclic) bond motifs is 6. The molecule has 0 radical (unpaired) electrons. The lowest BCUT2D eigenvalue weighted by molar-refractivity contribution is -0.144. The van der Waals surface area contributed by atoms with E-state index in [4.69, 9.17) is 13.3 Å². The molecular weight excluding hydrogens is 1210 g/mol. The number of carboxylic acids is 1. The third-order valence-corrected chi connectivity index (χ3v) is 46.8. The summed E-state index contributed by atoms with van der Waals surface area (Å²) >= 11 is 0. The van der Waals surface area contributed by atoms with Gasteiger partial charge in [-0.3, -0.25) is 4.79 Å². The third kappa shape index (κ3) is 14.0. The first-order valence-corrected chi connectivity index (χ1v) is 48.6. The molecule has 0 heterocycles. The minimum Gasteiger partial charge on any atom is -0.481 e. The molecule has 0 aromatic rings. The molecule has 536 valence electrons. The fourth-order valence-electron chi connectivity index (χ4n) is 24.0. The maximum atomic E-state index is 11.8. The molecule has 12 saturated carbocycles. The number of carbonyl (C=O) groups excluding carboxylic acids is 1. The van der Waals surface area contributed by atoms with Crippen LogP contribution in [-0.2, 0) is 22.9 Å². The molecule has 0 spiro atoms. The minimum absolute atomic E-state index is 0.173. The molecule has 0 saturated heterocycles. The van der Waals surface area contributed by atoms with Crippen molar-refractivity contribution in [2.24, 2.45) is 121 Å². The number of carbonyl (C=O) groups is 2. The van der Waals surface area contributed by atoms with Crippen LogP contribution < -0.4 is 0 Å². The van der Waals surface area contributed by atoms with Gasteiger partial charge in [0.05, 0.1) is 5.92 Å². The topological polar surface area (TPSA) is 102 Å². The van der Waals surface area contributed by atoms with E-state index in [1.165, 1.54) is 154 Å². The Morgan fingerprint density at radius 2 is 0.787 bits per heavy atom. The van der Waals surface area contributed by atoms with Gasteiger partial charge in [0, 0.05) is 30.8 Å².